The highest BCUT2D eigenvalue weighted by molar-refractivity contribution is 5.76. The van der Waals surface area contributed by atoms with Gasteiger partial charge in [-0.05, 0) is 25.2 Å². The van der Waals surface area contributed by atoms with Crippen LogP contribution < -0.4 is 5.73 Å². The van der Waals surface area contributed by atoms with Gasteiger partial charge in [0.1, 0.15) is 0 Å². The summed E-state index contributed by atoms with van der Waals surface area (Å²) < 4.78 is 5.42. The Kier molecular flexibility index (Phi) is 6.52. The van der Waals surface area contributed by atoms with E-state index >= 15 is 0 Å². The van der Waals surface area contributed by atoms with Crippen LogP contribution in [0.2, 0.25) is 0 Å². The van der Waals surface area contributed by atoms with Crippen molar-refractivity contribution in [3.63, 3.8) is 0 Å². The van der Waals surface area contributed by atoms with E-state index in [0.29, 0.717) is 12.3 Å². The fourth-order valence-corrected chi connectivity index (χ4v) is 2.29. The average Bonchev–Trinajstić information content (AvgIpc) is 2.30. The number of carbonyl (C=O) groups excluding carboxylic acids is 1. The topological polar surface area (TPSA) is 55.6 Å². The highest BCUT2D eigenvalue weighted by atomic mass is 16.5. The maximum atomic E-state index is 11.9. The van der Waals surface area contributed by atoms with E-state index in [1.807, 2.05) is 11.9 Å². The van der Waals surface area contributed by atoms with Crippen LogP contribution in [-0.2, 0) is 9.53 Å². The summed E-state index contributed by atoms with van der Waals surface area (Å²) in [5.74, 6) is 0.664. The van der Waals surface area contributed by atoms with Crippen molar-refractivity contribution in [2.45, 2.75) is 45.1 Å². The van der Waals surface area contributed by atoms with E-state index in [1.54, 1.807) is 0 Å². The van der Waals surface area contributed by atoms with Gasteiger partial charge in [0, 0.05) is 32.7 Å². The minimum Gasteiger partial charge on any atom is -0.381 e. The molecule has 0 spiro atoms. The van der Waals surface area contributed by atoms with Crippen molar-refractivity contribution in [1.29, 1.82) is 0 Å². The Morgan fingerprint density at radius 1 is 1.59 bits per heavy atom. The van der Waals surface area contributed by atoms with Gasteiger partial charge in [0.2, 0.25) is 5.91 Å². The van der Waals surface area contributed by atoms with Crippen LogP contribution in [0.1, 0.15) is 39.0 Å². The molecule has 1 aliphatic rings. The molecule has 17 heavy (non-hydrogen) atoms. The summed E-state index contributed by atoms with van der Waals surface area (Å²) in [7, 11) is 1.87. The van der Waals surface area contributed by atoms with E-state index in [2.05, 4.69) is 6.92 Å². The lowest BCUT2D eigenvalue weighted by Gasteiger charge is -2.27. The third-order valence-electron chi connectivity index (χ3n) is 3.31. The smallest absolute Gasteiger partial charge is 0.223 e. The second kappa shape index (κ2) is 7.67. The Labute approximate surface area is 104 Å². The van der Waals surface area contributed by atoms with Crippen LogP contribution in [0, 0.1) is 5.92 Å². The molecule has 0 aromatic carbocycles. The molecule has 0 aromatic rings. The number of ether oxygens (including phenoxy) is 1. The standard InChI is InChI=1S/C13H26N2O2/c1-3-5-12(14)8-13(16)15(2)9-11-6-4-7-17-10-11/h11-12H,3-10,14H2,1-2H3. The van der Waals surface area contributed by atoms with E-state index in [0.717, 1.165) is 39.0 Å². The van der Waals surface area contributed by atoms with E-state index in [-0.39, 0.29) is 11.9 Å². The van der Waals surface area contributed by atoms with E-state index in [9.17, 15) is 4.79 Å². The summed E-state index contributed by atoms with van der Waals surface area (Å²) in [6.45, 7) is 4.55. The van der Waals surface area contributed by atoms with E-state index in [4.69, 9.17) is 10.5 Å². The Bertz CT molecular complexity index is 227. The molecule has 2 atom stereocenters. The lowest BCUT2D eigenvalue weighted by Crippen LogP contribution is -2.38. The Hall–Kier alpha value is -0.610. The van der Waals surface area contributed by atoms with Crippen LogP contribution in [0.4, 0.5) is 0 Å². The van der Waals surface area contributed by atoms with Crippen LogP contribution in [0.25, 0.3) is 0 Å². The second-order valence-electron chi connectivity index (χ2n) is 5.11. The van der Waals surface area contributed by atoms with Gasteiger partial charge in [-0.15, -0.1) is 0 Å². The van der Waals surface area contributed by atoms with Crippen molar-refractivity contribution in [1.82, 2.24) is 4.90 Å². The molecule has 0 aromatic heterocycles. The van der Waals surface area contributed by atoms with Crippen LogP contribution >= 0.6 is 0 Å². The van der Waals surface area contributed by atoms with Crippen LogP contribution in [-0.4, -0.2) is 43.7 Å². The molecule has 100 valence electrons. The first kappa shape index (κ1) is 14.5. The molecule has 1 rings (SSSR count). The van der Waals surface area contributed by atoms with E-state index < -0.39 is 0 Å². The Morgan fingerprint density at radius 2 is 2.35 bits per heavy atom. The molecule has 1 saturated heterocycles. The summed E-state index contributed by atoms with van der Waals surface area (Å²) in [4.78, 5) is 13.7. The maximum Gasteiger partial charge on any atom is 0.223 e. The van der Waals surface area contributed by atoms with Gasteiger partial charge in [0.05, 0.1) is 6.61 Å². The first-order valence-electron chi connectivity index (χ1n) is 6.70. The fourth-order valence-electron chi connectivity index (χ4n) is 2.29. The zero-order valence-corrected chi connectivity index (χ0v) is 11.2. The van der Waals surface area contributed by atoms with Crippen molar-refractivity contribution < 1.29 is 9.53 Å². The largest absolute Gasteiger partial charge is 0.381 e. The molecule has 1 aliphatic heterocycles. The average molecular weight is 242 g/mol. The number of nitrogens with two attached hydrogens (primary N) is 1. The zero-order valence-electron chi connectivity index (χ0n) is 11.2. The first-order chi connectivity index (χ1) is 8.13. The molecule has 2 N–H and O–H groups in total. The highest BCUT2D eigenvalue weighted by Gasteiger charge is 2.19. The van der Waals surface area contributed by atoms with Crippen molar-refractivity contribution >= 4 is 5.91 Å². The third kappa shape index (κ3) is 5.50. The summed E-state index contributed by atoms with van der Waals surface area (Å²) >= 11 is 0. The van der Waals surface area contributed by atoms with Gasteiger partial charge in [0.25, 0.3) is 0 Å². The monoisotopic (exact) mass is 242 g/mol. The van der Waals surface area contributed by atoms with Crippen molar-refractivity contribution in [2.24, 2.45) is 11.7 Å². The molecular weight excluding hydrogens is 216 g/mol. The molecule has 0 aliphatic carbocycles. The van der Waals surface area contributed by atoms with Gasteiger partial charge in [-0.2, -0.15) is 0 Å². The number of carbonyl (C=O) groups is 1. The van der Waals surface area contributed by atoms with Crippen LogP contribution in [0.5, 0.6) is 0 Å². The molecule has 4 nitrogen and oxygen atoms in total. The summed E-state index contributed by atoms with van der Waals surface area (Å²) in [6, 6.07) is 0.0116. The molecular formula is C13H26N2O2. The molecule has 2 unspecified atom stereocenters. The zero-order chi connectivity index (χ0) is 12.7. The van der Waals surface area contributed by atoms with Gasteiger partial charge < -0.3 is 15.4 Å². The summed E-state index contributed by atoms with van der Waals surface area (Å²) in [5.41, 5.74) is 5.88. The summed E-state index contributed by atoms with van der Waals surface area (Å²) in [6.07, 6.45) is 4.71. The van der Waals surface area contributed by atoms with Gasteiger partial charge in [-0.3, -0.25) is 4.79 Å². The fraction of sp³-hybridized carbons (Fsp3) is 0.923. The van der Waals surface area contributed by atoms with Gasteiger partial charge in [-0.25, -0.2) is 0 Å². The number of hydrogen-bond donors (Lipinski definition) is 1. The predicted molar refractivity (Wildman–Crippen MR) is 68.7 cm³/mol. The molecule has 1 fully saturated rings. The molecule has 1 amide bonds. The number of rotatable bonds is 6. The normalized spacial score (nSPS) is 22.2. The molecule has 1 heterocycles. The van der Waals surface area contributed by atoms with Crippen LogP contribution in [0.15, 0.2) is 0 Å². The van der Waals surface area contributed by atoms with Gasteiger partial charge >= 0.3 is 0 Å². The highest BCUT2D eigenvalue weighted by Crippen LogP contribution is 2.15. The molecule has 4 heteroatoms. The number of hydrogen-bond acceptors (Lipinski definition) is 3. The van der Waals surface area contributed by atoms with E-state index in [1.165, 1.54) is 6.42 Å². The van der Waals surface area contributed by atoms with Gasteiger partial charge in [-0.1, -0.05) is 13.3 Å². The maximum absolute atomic E-state index is 11.9. The third-order valence-corrected chi connectivity index (χ3v) is 3.31. The van der Waals surface area contributed by atoms with Crippen molar-refractivity contribution in [3.05, 3.63) is 0 Å². The molecule has 0 bridgehead atoms. The summed E-state index contributed by atoms with van der Waals surface area (Å²) in [5, 5.41) is 0. The minimum absolute atomic E-state index is 0.0116. The molecule has 0 saturated carbocycles. The predicted octanol–water partition coefficient (Wildman–Crippen LogP) is 1.39. The van der Waals surface area contributed by atoms with Crippen LogP contribution in [0.3, 0.4) is 0 Å². The Morgan fingerprint density at radius 3 is 2.94 bits per heavy atom. The Balaban J connectivity index is 2.25. The van der Waals surface area contributed by atoms with Crippen molar-refractivity contribution in [3.8, 4) is 0 Å². The molecule has 0 radical (unpaired) electrons. The van der Waals surface area contributed by atoms with Gasteiger partial charge in [0.15, 0.2) is 0 Å². The quantitative estimate of drug-likeness (QED) is 0.765. The van der Waals surface area contributed by atoms with Crippen molar-refractivity contribution in [2.75, 3.05) is 26.8 Å². The lowest BCUT2D eigenvalue weighted by atomic mass is 10.0. The second-order valence-corrected chi connectivity index (χ2v) is 5.11. The lowest BCUT2D eigenvalue weighted by molar-refractivity contribution is -0.131. The minimum atomic E-state index is 0.0116. The number of amides is 1. The number of nitrogens with zero attached hydrogens (tertiary/aromatic N) is 1. The first-order valence-corrected chi connectivity index (χ1v) is 6.70. The SMILES string of the molecule is CCCC(N)CC(=O)N(C)CC1CCCOC1.